The van der Waals surface area contributed by atoms with Crippen LogP contribution in [0.5, 0.6) is 0 Å². The molecule has 2 saturated carbocycles. The van der Waals surface area contributed by atoms with Crippen LogP contribution in [0.2, 0.25) is 0 Å². The molecule has 2 aliphatic rings. The zero-order valence-electron chi connectivity index (χ0n) is 12.4. The van der Waals surface area contributed by atoms with Crippen molar-refractivity contribution in [3.8, 4) is 0 Å². The van der Waals surface area contributed by atoms with Crippen LogP contribution >= 0.6 is 0 Å². The fraction of sp³-hybridized carbons (Fsp3) is 0.647. The third kappa shape index (κ3) is 2.28. The van der Waals surface area contributed by atoms with Crippen molar-refractivity contribution in [1.82, 2.24) is 5.43 Å². The first-order valence-electron chi connectivity index (χ1n) is 7.91. The molecule has 3 N–H and O–H groups in total. The Balaban J connectivity index is 1.96. The van der Waals surface area contributed by atoms with Crippen molar-refractivity contribution in [3.63, 3.8) is 0 Å². The summed E-state index contributed by atoms with van der Waals surface area (Å²) >= 11 is 0. The van der Waals surface area contributed by atoms with Gasteiger partial charge in [-0.15, -0.1) is 0 Å². The summed E-state index contributed by atoms with van der Waals surface area (Å²) in [4.78, 5) is 0. The lowest BCUT2D eigenvalue weighted by atomic mass is 9.75. The minimum atomic E-state index is -0.130. The lowest BCUT2D eigenvalue weighted by molar-refractivity contribution is -0.0372. The van der Waals surface area contributed by atoms with Crippen molar-refractivity contribution in [2.75, 3.05) is 7.11 Å². The monoisotopic (exact) mass is 274 g/mol. The van der Waals surface area contributed by atoms with E-state index >= 15 is 0 Å². The Morgan fingerprint density at radius 1 is 1.20 bits per heavy atom. The maximum absolute atomic E-state index is 5.95. The molecular formula is C17H26N2O. The van der Waals surface area contributed by atoms with Crippen LogP contribution in [-0.2, 0) is 4.74 Å². The molecule has 0 radical (unpaired) electrons. The Kier molecular flexibility index (Phi) is 4.11. The summed E-state index contributed by atoms with van der Waals surface area (Å²) < 4.78 is 5.95. The molecule has 0 aromatic heterocycles. The second kappa shape index (κ2) is 5.84. The standard InChI is InChI=1S/C17H26N2O/c1-20-17(11-4-5-12-17)16(19-18)15-10-3-2-9-14(15)13-7-6-8-13/h2-3,9-10,13,16,19H,4-8,11-12,18H2,1H3. The van der Waals surface area contributed by atoms with Gasteiger partial charge in [0.2, 0.25) is 0 Å². The zero-order chi connectivity index (χ0) is 14.0. The topological polar surface area (TPSA) is 47.3 Å². The average Bonchev–Trinajstić information content (AvgIpc) is 2.89. The van der Waals surface area contributed by atoms with E-state index in [1.165, 1.54) is 43.2 Å². The van der Waals surface area contributed by atoms with E-state index in [0.29, 0.717) is 0 Å². The van der Waals surface area contributed by atoms with Crippen LogP contribution in [0.1, 0.15) is 68.0 Å². The first-order chi connectivity index (χ1) is 9.80. The molecule has 0 spiro atoms. The first kappa shape index (κ1) is 14.1. The predicted octanol–water partition coefficient (Wildman–Crippen LogP) is 3.42. The summed E-state index contributed by atoms with van der Waals surface area (Å²) in [5.74, 6) is 6.66. The van der Waals surface area contributed by atoms with Crippen LogP contribution in [0.3, 0.4) is 0 Å². The number of benzene rings is 1. The minimum Gasteiger partial charge on any atom is -0.376 e. The maximum atomic E-state index is 5.95. The van der Waals surface area contributed by atoms with E-state index in [0.717, 1.165) is 18.8 Å². The van der Waals surface area contributed by atoms with E-state index in [-0.39, 0.29) is 11.6 Å². The van der Waals surface area contributed by atoms with Crippen molar-refractivity contribution in [2.45, 2.75) is 62.5 Å². The number of hydrogen-bond acceptors (Lipinski definition) is 3. The molecule has 20 heavy (non-hydrogen) atoms. The Hall–Kier alpha value is -0.900. The molecule has 2 aliphatic carbocycles. The molecule has 3 nitrogen and oxygen atoms in total. The van der Waals surface area contributed by atoms with Gasteiger partial charge in [-0.25, -0.2) is 0 Å². The van der Waals surface area contributed by atoms with Crippen molar-refractivity contribution in [2.24, 2.45) is 5.84 Å². The summed E-state index contributed by atoms with van der Waals surface area (Å²) in [6.45, 7) is 0. The van der Waals surface area contributed by atoms with Crippen LogP contribution in [-0.4, -0.2) is 12.7 Å². The third-order valence-electron chi connectivity index (χ3n) is 5.40. The van der Waals surface area contributed by atoms with Crippen LogP contribution < -0.4 is 11.3 Å². The van der Waals surface area contributed by atoms with Gasteiger partial charge in [0.1, 0.15) is 0 Å². The number of hydrazine groups is 1. The molecule has 0 amide bonds. The summed E-state index contributed by atoms with van der Waals surface area (Å²) in [5, 5.41) is 0. The van der Waals surface area contributed by atoms with Gasteiger partial charge in [0.25, 0.3) is 0 Å². The van der Waals surface area contributed by atoms with Gasteiger partial charge in [0.15, 0.2) is 0 Å². The summed E-state index contributed by atoms with van der Waals surface area (Å²) in [7, 11) is 1.83. The molecule has 1 unspecified atom stereocenters. The molecule has 0 bridgehead atoms. The van der Waals surface area contributed by atoms with E-state index in [9.17, 15) is 0 Å². The number of ether oxygens (including phenoxy) is 1. The van der Waals surface area contributed by atoms with Gasteiger partial charge in [-0.3, -0.25) is 11.3 Å². The zero-order valence-corrected chi connectivity index (χ0v) is 12.4. The highest BCUT2D eigenvalue weighted by molar-refractivity contribution is 5.36. The smallest absolute Gasteiger partial charge is 0.0885 e. The van der Waals surface area contributed by atoms with Crippen molar-refractivity contribution in [1.29, 1.82) is 0 Å². The summed E-state index contributed by atoms with van der Waals surface area (Å²) in [5.41, 5.74) is 5.77. The SMILES string of the molecule is COC1(C(NN)c2ccccc2C2CCC2)CCCC1. The molecule has 0 aliphatic heterocycles. The predicted molar refractivity (Wildman–Crippen MR) is 81.3 cm³/mol. The number of nitrogens with one attached hydrogen (secondary N) is 1. The number of rotatable bonds is 5. The Morgan fingerprint density at radius 2 is 1.90 bits per heavy atom. The summed E-state index contributed by atoms with van der Waals surface area (Å²) in [6, 6.07) is 8.89. The van der Waals surface area contributed by atoms with Crippen LogP contribution in [0, 0.1) is 0 Å². The number of methoxy groups -OCH3 is 1. The highest BCUT2D eigenvalue weighted by Crippen LogP contribution is 2.46. The van der Waals surface area contributed by atoms with Crippen molar-refractivity contribution in [3.05, 3.63) is 35.4 Å². The lowest BCUT2D eigenvalue weighted by Gasteiger charge is -2.39. The van der Waals surface area contributed by atoms with Gasteiger partial charge in [-0.1, -0.05) is 43.5 Å². The largest absolute Gasteiger partial charge is 0.376 e. The molecule has 1 aromatic carbocycles. The van der Waals surface area contributed by atoms with Gasteiger partial charge in [-0.2, -0.15) is 0 Å². The highest BCUT2D eigenvalue weighted by Gasteiger charge is 2.43. The molecule has 1 aromatic rings. The molecule has 3 heteroatoms. The number of nitrogens with two attached hydrogens (primary N) is 1. The van der Waals surface area contributed by atoms with Gasteiger partial charge >= 0.3 is 0 Å². The van der Waals surface area contributed by atoms with Crippen molar-refractivity contribution < 1.29 is 4.74 Å². The quantitative estimate of drug-likeness (QED) is 0.639. The van der Waals surface area contributed by atoms with E-state index in [1.54, 1.807) is 0 Å². The van der Waals surface area contributed by atoms with E-state index < -0.39 is 0 Å². The molecule has 0 heterocycles. The Morgan fingerprint density at radius 3 is 2.45 bits per heavy atom. The Bertz CT molecular complexity index is 450. The van der Waals surface area contributed by atoms with Gasteiger partial charge in [0.05, 0.1) is 11.6 Å². The first-order valence-corrected chi connectivity index (χ1v) is 7.91. The molecule has 110 valence electrons. The minimum absolute atomic E-state index is 0.104. The molecule has 3 rings (SSSR count). The second-order valence-electron chi connectivity index (χ2n) is 6.33. The van der Waals surface area contributed by atoms with Gasteiger partial charge in [-0.05, 0) is 42.7 Å². The van der Waals surface area contributed by atoms with Crippen LogP contribution in [0.25, 0.3) is 0 Å². The molecule has 0 saturated heterocycles. The van der Waals surface area contributed by atoms with Crippen molar-refractivity contribution >= 4 is 0 Å². The van der Waals surface area contributed by atoms with Gasteiger partial charge < -0.3 is 4.74 Å². The van der Waals surface area contributed by atoms with Crippen LogP contribution in [0.15, 0.2) is 24.3 Å². The molecular weight excluding hydrogens is 248 g/mol. The van der Waals surface area contributed by atoms with E-state index in [1.807, 2.05) is 7.11 Å². The maximum Gasteiger partial charge on any atom is 0.0885 e. The normalized spacial score (nSPS) is 23.5. The average molecular weight is 274 g/mol. The fourth-order valence-electron chi connectivity index (χ4n) is 3.97. The van der Waals surface area contributed by atoms with Gasteiger partial charge in [0, 0.05) is 7.11 Å². The summed E-state index contributed by atoms with van der Waals surface area (Å²) in [6.07, 6.45) is 8.64. The highest BCUT2D eigenvalue weighted by atomic mass is 16.5. The molecule has 1 atom stereocenters. The number of hydrogen-bond donors (Lipinski definition) is 2. The third-order valence-corrected chi connectivity index (χ3v) is 5.40. The molecule has 2 fully saturated rings. The Labute approximate surface area is 121 Å². The van der Waals surface area contributed by atoms with E-state index in [4.69, 9.17) is 10.6 Å². The van der Waals surface area contributed by atoms with Crippen LogP contribution in [0.4, 0.5) is 0 Å². The lowest BCUT2D eigenvalue weighted by Crippen LogP contribution is -2.46. The van der Waals surface area contributed by atoms with E-state index in [2.05, 4.69) is 29.7 Å². The second-order valence-corrected chi connectivity index (χ2v) is 6.33. The fourth-order valence-corrected chi connectivity index (χ4v) is 3.97.